The number of hydrogen-bond donors (Lipinski definition) is 2. The molecule has 0 fully saturated rings. The van der Waals surface area contributed by atoms with Crippen LogP contribution in [0.5, 0.6) is 5.75 Å². The molecular weight excluding hydrogens is 506 g/mol. The fourth-order valence-electron chi connectivity index (χ4n) is 4.54. The summed E-state index contributed by atoms with van der Waals surface area (Å²) < 4.78 is 7.87. The number of allylic oxidation sites excluding steroid dienone is 1. The van der Waals surface area contributed by atoms with Gasteiger partial charge in [-0.25, -0.2) is 4.68 Å². The first-order chi connectivity index (χ1) is 18.9. The molecule has 39 heavy (non-hydrogen) atoms. The Morgan fingerprint density at radius 2 is 1.79 bits per heavy atom. The first kappa shape index (κ1) is 26.6. The standard InChI is InChI=1S/C31H33N5O2S/c1-5-17-39-31-34-30-32-22(4)27(29(37)33-25-13-9-20(2)10-14-25)28(36(30)35-31)24-11-15-26(16-12-24)38-19-23-8-6-7-21(3)18-23/h6-16,18,28H,5,17,19H2,1-4H3,(H,33,37)(H,32,34,35). The minimum Gasteiger partial charge on any atom is -0.489 e. The lowest BCUT2D eigenvalue weighted by Gasteiger charge is -2.28. The molecule has 0 spiro atoms. The normalized spacial score (nSPS) is 14.5. The van der Waals surface area contributed by atoms with Crippen molar-refractivity contribution in [2.75, 3.05) is 16.4 Å². The van der Waals surface area contributed by atoms with Crippen LogP contribution in [0.2, 0.25) is 0 Å². The van der Waals surface area contributed by atoms with E-state index in [2.05, 4.69) is 42.7 Å². The average molecular weight is 540 g/mol. The van der Waals surface area contributed by atoms with E-state index < -0.39 is 6.04 Å². The number of amides is 1. The number of aromatic nitrogens is 3. The number of rotatable bonds is 9. The van der Waals surface area contributed by atoms with Crippen LogP contribution in [-0.4, -0.2) is 26.4 Å². The molecular formula is C31H33N5O2S. The Balaban J connectivity index is 1.44. The van der Waals surface area contributed by atoms with Crippen LogP contribution in [0.25, 0.3) is 0 Å². The van der Waals surface area contributed by atoms with Gasteiger partial charge in [0.2, 0.25) is 11.1 Å². The number of benzene rings is 3. The average Bonchev–Trinajstić information content (AvgIpc) is 3.34. The highest BCUT2D eigenvalue weighted by Crippen LogP contribution is 2.37. The van der Waals surface area contributed by atoms with E-state index in [0.29, 0.717) is 23.3 Å². The second kappa shape index (κ2) is 11.8. The topological polar surface area (TPSA) is 81.1 Å². The summed E-state index contributed by atoms with van der Waals surface area (Å²) in [7, 11) is 0. The van der Waals surface area contributed by atoms with E-state index in [4.69, 9.17) is 14.8 Å². The van der Waals surface area contributed by atoms with Crippen molar-refractivity contribution in [2.24, 2.45) is 0 Å². The number of thioether (sulfide) groups is 1. The van der Waals surface area contributed by atoms with E-state index in [1.165, 1.54) is 5.56 Å². The molecule has 1 unspecified atom stereocenters. The van der Waals surface area contributed by atoms with Crippen LogP contribution >= 0.6 is 11.8 Å². The number of carbonyl (C=O) groups excluding carboxylic acids is 1. The van der Waals surface area contributed by atoms with Crippen LogP contribution in [0, 0.1) is 13.8 Å². The summed E-state index contributed by atoms with van der Waals surface area (Å²) in [5.41, 5.74) is 6.46. The highest BCUT2D eigenvalue weighted by molar-refractivity contribution is 7.99. The van der Waals surface area contributed by atoms with Gasteiger partial charge in [0.15, 0.2) is 0 Å². The second-order valence-corrected chi connectivity index (χ2v) is 10.8. The lowest BCUT2D eigenvalue weighted by Crippen LogP contribution is -2.31. The monoisotopic (exact) mass is 539 g/mol. The Morgan fingerprint density at radius 3 is 2.51 bits per heavy atom. The van der Waals surface area contributed by atoms with Crippen LogP contribution in [0.1, 0.15) is 48.6 Å². The van der Waals surface area contributed by atoms with Gasteiger partial charge in [-0.2, -0.15) is 4.98 Å². The fourth-order valence-corrected chi connectivity index (χ4v) is 5.22. The summed E-state index contributed by atoms with van der Waals surface area (Å²) in [4.78, 5) is 18.4. The molecule has 2 N–H and O–H groups in total. The lowest BCUT2D eigenvalue weighted by molar-refractivity contribution is -0.113. The zero-order chi connectivity index (χ0) is 27.4. The number of carbonyl (C=O) groups is 1. The number of nitrogens with zero attached hydrogens (tertiary/aromatic N) is 3. The summed E-state index contributed by atoms with van der Waals surface area (Å²) in [5, 5.41) is 11.9. The third-order valence-electron chi connectivity index (χ3n) is 6.51. The maximum absolute atomic E-state index is 13.7. The minimum atomic E-state index is -0.444. The summed E-state index contributed by atoms with van der Waals surface area (Å²) in [6, 6.07) is 23.5. The molecule has 200 valence electrons. The first-order valence-electron chi connectivity index (χ1n) is 13.1. The fraction of sp³-hybridized carbons (Fsp3) is 0.258. The van der Waals surface area contributed by atoms with Crippen molar-refractivity contribution in [1.29, 1.82) is 0 Å². The molecule has 1 aliphatic heterocycles. The van der Waals surface area contributed by atoms with E-state index in [1.54, 1.807) is 11.8 Å². The molecule has 0 aliphatic carbocycles. The van der Waals surface area contributed by atoms with Crippen LogP contribution in [-0.2, 0) is 11.4 Å². The molecule has 3 aromatic carbocycles. The Labute approximate surface area is 233 Å². The maximum atomic E-state index is 13.7. The van der Waals surface area contributed by atoms with E-state index in [9.17, 15) is 4.79 Å². The number of aryl methyl sites for hydroxylation is 2. The Morgan fingerprint density at radius 1 is 1.03 bits per heavy atom. The van der Waals surface area contributed by atoms with Crippen LogP contribution in [0.15, 0.2) is 89.2 Å². The molecule has 2 heterocycles. The van der Waals surface area contributed by atoms with Gasteiger partial charge in [-0.05, 0) is 62.6 Å². The molecule has 8 heteroatoms. The van der Waals surface area contributed by atoms with Crippen molar-refractivity contribution < 1.29 is 9.53 Å². The highest BCUT2D eigenvalue weighted by atomic mass is 32.2. The maximum Gasteiger partial charge on any atom is 0.255 e. The number of nitrogens with one attached hydrogen (secondary N) is 2. The molecule has 0 saturated carbocycles. The first-order valence-corrected chi connectivity index (χ1v) is 14.1. The molecule has 1 amide bonds. The molecule has 0 saturated heterocycles. The summed E-state index contributed by atoms with van der Waals surface area (Å²) >= 11 is 1.61. The van der Waals surface area contributed by atoms with E-state index in [1.807, 2.05) is 73.1 Å². The van der Waals surface area contributed by atoms with E-state index in [-0.39, 0.29) is 5.91 Å². The lowest BCUT2D eigenvalue weighted by atomic mass is 9.95. The number of fused-ring (bicyclic) bond motifs is 1. The Hall–Kier alpha value is -4.04. The van der Waals surface area contributed by atoms with Gasteiger partial charge in [0, 0.05) is 17.1 Å². The van der Waals surface area contributed by atoms with Crippen molar-refractivity contribution >= 4 is 29.3 Å². The van der Waals surface area contributed by atoms with Gasteiger partial charge in [0.05, 0.1) is 5.57 Å². The molecule has 0 radical (unpaired) electrons. The van der Waals surface area contributed by atoms with Crippen molar-refractivity contribution in [3.63, 3.8) is 0 Å². The third-order valence-corrected chi connectivity index (χ3v) is 7.55. The zero-order valence-corrected chi connectivity index (χ0v) is 23.5. The largest absolute Gasteiger partial charge is 0.489 e. The SMILES string of the molecule is CCCSc1nc2n(n1)C(c1ccc(OCc3cccc(C)c3)cc1)C(C(=O)Nc1ccc(C)cc1)=C(C)N2. The van der Waals surface area contributed by atoms with Gasteiger partial charge in [-0.3, -0.25) is 4.79 Å². The van der Waals surface area contributed by atoms with Crippen LogP contribution in [0.3, 0.4) is 0 Å². The molecule has 1 aromatic heterocycles. The van der Waals surface area contributed by atoms with Crippen LogP contribution in [0.4, 0.5) is 11.6 Å². The van der Waals surface area contributed by atoms with Crippen molar-refractivity contribution in [2.45, 2.75) is 51.9 Å². The molecule has 7 nitrogen and oxygen atoms in total. The third kappa shape index (κ3) is 6.17. The second-order valence-electron chi connectivity index (χ2n) is 9.74. The molecule has 0 bridgehead atoms. The van der Waals surface area contributed by atoms with Gasteiger partial charge >= 0.3 is 0 Å². The minimum absolute atomic E-state index is 0.183. The number of anilines is 2. The van der Waals surface area contributed by atoms with Gasteiger partial charge in [-0.15, -0.1) is 5.10 Å². The van der Waals surface area contributed by atoms with E-state index in [0.717, 1.165) is 46.0 Å². The molecule has 4 aromatic rings. The van der Waals surface area contributed by atoms with E-state index >= 15 is 0 Å². The molecule has 5 rings (SSSR count). The molecule has 1 aliphatic rings. The summed E-state index contributed by atoms with van der Waals surface area (Å²) in [6.07, 6.45) is 1.02. The van der Waals surface area contributed by atoms with Gasteiger partial charge in [0.25, 0.3) is 5.91 Å². The highest BCUT2D eigenvalue weighted by Gasteiger charge is 2.34. The number of ether oxygens (including phenoxy) is 1. The summed E-state index contributed by atoms with van der Waals surface area (Å²) in [5.74, 6) is 2.13. The predicted octanol–water partition coefficient (Wildman–Crippen LogP) is 6.90. The molecule has 1 atom stereocenters. The Bertz CT molecular complexity index is 1490. The van der Waals surface area contributed by atoms with Crippen molar-refractivity contribution in [1.82, 2.24) is 14.8 Å². The quantitative estimate of drug-likeness (QED) is 0.225. The smallest absolute Gasteiger partial charge is 0.255 e. The zero-order valence-electron chi connectivity index (χ0n) is 22.7. The van der Waals surface area contributed by atoms with Crippen molar-refractivity contribution in [3.8, 4) is 5.75 Å². The van der Waals surface area contributed by atoms with Gasteiger partial charge < -0.3 is 15.4 Å². The van der Waals surface area contributed by atoms with Gasteiger partial charge in [0.1, 0.15) is 18.4 Å². The van der Waals surface area contributed by atoms with Gasteiger partial charge in [-0.1, -0.05) is 78.3 Å². The van der Waals surface area contributed by atoms with Crippen molar-refractivity contribution in [3.05, 3.63) is 106 Å². The van der Waals surface area contributed by atoms with Crippen LogP contribution < -0.4 is 15.4 Å². The predicted molar refractivity (Wildman–Crippen MR) is 157 cm³/mol. The Kier molecular flexibility index (Phi) is 8.02. The number of hydrogen-bond acceptors (Lipinski definition) is 6. The summed E-state index contributed by atoms with van der Waals surface area (Å²) in [6.45, 7) is 8.63.